The Balaban J connectivity index is 0. The van der Waals surface area contributed by atoms with Gasteiger partial charge in [-0.15, -0.1) is 0 Å². The fraction of sp³-hybridized carbons (Fsp3) is 0.375. The Labute approximate surface area is 94.3 Å². The van der Waals surface area contributed by atoms with Crippen LogP contribution in [0, 0.1) is 0 Å². The van der Waals surface area contributed by atoms with Crippen LogP contribution in [0.1, 0.15) is 12.8 Å². The molecule has 9 nitrogen and oxygen atoms in total. The predicted octanol–water partition coefficient (Wildman–Crippen LogP) is -5.87. The number of hydrogen-bond acceptors (Lipinski definition) is 9. The maximum atomic E-state index is 10.1. The van der Waals surface area contributed by atoms with Gasteiger partial charge in [0.2, 0.25) is 0 Å². The molecule has 0 unspecified atom stereocenters. The van der Waals surface area contributed by atoms with Crippen molar-refractivity contribution in [2.45, 2.75) is 18.4 Å². The molecular weight excluding hydrogens is 240 g/mol. The van der Waals surface area contributed by atoms with Crippen molar-refractivity contribution in [2.24, 2.45) is 0 Å². The van der Waals surface area contributed by atoms with E-state index in [0.717, 1.165) is 0 Å². The predicted molar refractivity (Wildman–Crippen MR) is 41.3 cm³/mol. The third kappa shape index (κ3) is 8.69. The van der Waals surface area contributed by atoms with E-state index < -0.39 is 36.4 Å². The number of carbonyl (C=O) groups is 5. The second kappa shape index (κ2) is 7.93. The molecule has 0 fully saturated rings. The van der Waals surface area contributed by atoms with E-state index in [-0.39, 0.29) is 12.6 Å². The van der Waals surface area contributed by atoms with Crippen LogP contribution in [0.5, 0.6) is 0 Å². The molecule has 96 valence electrons. The molecule has 0 aromatic carbocycles. The quantitative estimate of drug-likeness (QED) is 0.353. The zero-order chi connectivity index (χ0) is 14.1. The molecule has 1 N–H and O–H groups in total. The van der Waals surface area contributed by atoms with Crippen LogP contribution in [0.4, 0.5) is 0 Å². The van der Waals surface area contributed by atoms with E-state index in [0.29, 0.717) is 0 Å². The molecule has 9 heteroatoms. The Kier molecular flexibility index (Phi) is 7.99. The molecule has 0 aliphatic rings. The van der Waals surface area contributed by atoms with Crippen molar-refractivity contribution >= 4 is 30.5 Å². The number of carbonyl (C=O) groups excluding carboxylic acids is 5. The summed E-state index contributed by atoms with van der Waals surface area (Å²) in [4.78, 5) is 47.6. The summed E-state index contributed by atoms with van der Waals surface area (Å²) in [7, 11) is 0. The maximum absolute atomic E-state index is 10.1. The minimum absolute atomic E-state index is 0.194. The number of hydrogen-bond donors (Lipinski definition) is 1. The lowest BCUT2D eigenvalue weighted by Crippen LogP contribution is -2.54. The van der Waals surface area contributed by atoms with E-state index in [1.807, 2.05) is 0 Å². The van der Waals surface area contributed by atoms with Gasteiger partial charge < -0.3 is 34.8 Å². The smallest absolute Gasteiger partial charge is 0.182 e. The van der Waals surface area contributed by atoms with E-state index in [4.69, 9.17) is 14.7 Å². The SMILES string of the molecule is O=C([O-])CC(O)(CC(=O)[O-])C(=O)[O-].O=CC=O. The van der Waals surface area contributed by atoms with Crippen LogP contribution in [0.15, 0.2) is 0 Å². The molecule has 0 rings (SSSR count). The molecular formula is C8H7O9-3. The Morgan fingerprint density at radius 3 is 1.35 bits per heavy atom. The molecule has 0 aliphatic heterocycles. The van der Waals surface area contributed by atoms with E-state index >= 15 is 0 Å². The molecule has 0 radical (unpaired) electrons. The molecule has 17 heavy (non-hydrogen) atoms. The fourth-order valence-corrected chi connectivity index (χ4v) is 0.684. The highest BCUT2D eigenvalue weighted by Crippen LogP contribution is 2.13. The highest BCUT2D eigenvalue weighted by Gasteiger charge is 2.29. The highest BCUT2D eigenvalue weighted by atomic mass is 16.4. The van der Waals surface area contributed by atoms with E-state index in [1.165, 1.54) is 0 Å². The molecule has 0 saturated carbocycles. The number of carboxylic acid groups (broad SMARTS) is 3. The van der Waals surface area contributed by atoms with Gasteiger partial charge in [-0.05, 0) is 0 Å². The fourth-order valence-electron chi connectivity index (χ4n) is 0.684. The number of carboxylic acids is 3. The first-order valence-electron chi connectivity index (χ1n) is 3.92. The lowest BCUT2D eigenvalue weighted by atomic mass is 9.96. The normalized spacial score (nSPS) is 9.47. The first-order valence-corrected chi connectivity index (χ1v) is 3.92. The van der Waals surface area contributed by atoms with Gasteiger partial charge in [-0.25, -0.2) is 0 Å². The van der Waals surface area contributed by atoms with Gasteiger partial charge in [0.25, 0.3) is 0 Å². The second-order valence-corrected chi connectivity index (χ2v) is 2.69. The van der Waals surface area contributed by atoms with E-state index in [1.54, 1.807) is 0 Å². The minimum atomic E-state index is -2.97. The summed E-state index contributed by atoms with van der Waals surface area (Å²) in [5.74, 6) is -5.98. The largest absolute Gasteiger partial charge is 0.550 e. The van der Waals surface area contributed by atoms with Gasteiger partial charge in [0.15, 0.2) is 12.6 Å². The van der Waals surface area contributed by atoms with Crippen LogP contribution in [0.3, 0.4) is 0 Å². The topological polar surface area (TPSA) is 175 Å². The Bertz CT molecular complexity index is 297. The third-order valence-electron chi connectivity index (χ3n) is 1.31. The average molecular weight is 247 g/mol. The second-order valence-electron chi connectivity index (χ2n) is 2.69. The lowest BCUT2D eigenvalue weighted by Gasteiger charge is -2.29. The summed E-state index contributed by atoms with van der Waals surface area (Å²) in [5.41, 5.74) is -2.97. The van der Waals surface area contributed by atoms with Gasteiger partial charge >= 0.3 is 0 Å². The van der Waals surface area contributed by atoms with Crippen molar-refractivity contribution in [2.75, 3.05) is 0 Å². The average Bonchev–Trinajstić information content (AvgIpc) is 2.15. The van der Waals surface area contributed by atoms with Crippen molar-refractivity contribution in [1.29, 1.82) is 0 Å². The van der Waals surface area contributed by atoms with Crippen molar-refractivity contribution in [1.82, 2.24) is 0 Å². The maximum Gasteiger partial charge on any atom is 0.182 e. The molecule has 0 amide bonds. The number of aliphatic carboxylic acids is 3. The van der Waals surface area contributed by atoms with Crippen LogP contribution in [0.2, 0.25) is 0 Å². The first kappa shape index (κ1) is 17.1. The Morgan fingerprint density at radius 1 is 0.941 bits per heavy atom. The third-order valence-corrected chi connectivity index (χ3v) is 1.31. The van der Waals surface area contributed by atoms with Crippen molar-refractivity contribution in [3.8, 4) is 0 Å². The number of aliphatic hydroxyl groups is 1. The standard InChI is InChI=1S/C6H8O7.C2H2O2/c7-3(8)1-6(13,5(11)12)2-4(9)10;3-1-2-4/h13H,1-2H2,(H,7,8)(H,9,10)(H,11,12);1-2H/p-3. The van der Waals surface area contributed by atoms with Crippen molar-refractivity contribution < 1.29 is 44.4 Å². The molecule has 0 saturated heterocycles. The van der Waals surface area contributed by atoms with Gasteiger partial charge in [0, 0.05) is 24.8 Å². The summed E-state index contributed by atoms with van der Waals surface area (Å²) >= 11 is 0. The summed E-state index contributed by atoms with van der Waals surface area (Å²) < 4.78 is 0. The van der Waals surface area contributed by atoms with Gasteiger partial charge in [-0.3, -0.25) is 9.59 Å². The first-order chi connectivity index (χ1) is 7.69. The molecule has 0 heterocycles. The zero-order valence-corrected chi connectivity index (χ0v) is 8.28. The summed E-state index contributed by atoms with van der Waals surface area (Å²) in [6, 6.07) is 0. The van der Waals surface area contributed by atoms with Crippen LogP contribution in [-0.2, 0) is 24.0 Å². The lowest BCUT2D eigenvalue weighted by molar-refractivity contribution is -0.339. The van der Waals surface area contributed by atoms with Crippen LogP contribution < -0.4 is 15.3 Å². The number of rotatable bonds is 6. The summed E-state index contributed by atoms with van der Waals surface area (Å²) in [6.45, 7) is 0. The summed E-state index contributed by atoms with van der Waals surface area (Å²) in [6.07, 6.45) is -2.33. The molecule has 0 aromatic heterocycles. The molecule has 0 atom stereocenters. The minimum Gasteiger partial charge on any atom is -0.550 e. The van der Waals surface area contributed by atoms with Crippen LogP contribution >= 0.6 is 0 Å². The van der Waals surface area contributed by atoms with Gasteiger partial charge in [0.05, 0.1) is 5.97 Å². The van der Waals surface area contributed by atoms with Crippen molar-refractivity contribution in [3.05, 3.63) is 0 Å². The Hall–Kier alpha value is -2.29. The number of aldehydes is 2. The van der Waals surface area contributed by atoms with E-state index in [9.17, 15) is 29.7 Å². The highest BCUT2D eigenvalue weighted by molar-refractivity contribution is 6.09. The monoisotopic (exact) mass is 247 g/mol. The molecule has 0 aromatic rings. The zero-order valence-electron chi connectivity index (χ0n) is 8.28. The van der Waals surface area contributed by atoms with Crippen LogP contribution in [-0.4, -0.2) is 41.2 Å². The van der Waals surface area contributed by atoms with Gasteiger partial charge in [-0.2, -0.15) is 0 Å². The molecule has 0 bridgehead atoms. The van der Waals surface area contributed by atoms with Crippen molar-refractivity contribution in [3.63, 3.8) is 0 Å². The van der Waals surface area contributed by atoms with Gasteiger partial charge in [0.1, 0.15) is 5.60 Å². The Morgan fingerprint density at radius 2 is 1.24 bits per heavy atom. The molecule has 0 spiro atoms. The van der Waals surface area contributed by atoms with E-state index in [2.05, 4.69) is 0 Å². The van der Waals surface area contributed by atoms with Crippen LogP contribution in [0.25, 0.3) is 0 Å². The molecule has 0 aliphatic carbocycles. The van der Waals surface area contributed by atoms with Gasteiger partial charge in [-0.1, -0.05) is 0 Å². The summed E-state index contributed by atoms with van der Waals surface area (Å²) in [5, 5.41) is 38.9.